The van der Waals surface area contributed by atoms with Crippen LogP contribution in [0.1, 0.15) is 37.3 Å². The molecule has 4 amide bonds. The first-order valence-corrected chi connectivity index (χ1v) is 13.7. The van der Waals surface area contributed by atoms with E-state index >= 15 is 0 Å². The number of para-hydroxylation sites is 1. The summed E-state index contributed by atoms with van der Waals surface area (Å²) in [7, 11) is 0. The van der Waals surface area contributed by atoms with E-state index in [9.17, 15) is 23.6 Å². The summed E-state index contributed by atoms with van der Waals surface area (Å²) in [5.74, 6) is -2.15. The van der Waals surface area contributed by atoms with Crippen LogP contribution in [-0.4, -0.2) is 52.6 Å². The molecule has 0 radical (unpaired) electrons. The summed E-state index contributed by atoms with van der Waals surface area (Å²) in [6, 6.07) is 20.5. The highest BCUT2D eigenvalue weighted by molar-refractivity contribution is 6.30. The minimum atomic E-state index is -1.47. The van der Waals surface area contributed by atoms with E-state index in [2.05, 4.69) is 5.32 Å². The number of carbonyl (C=O) groups is 4. The standard InChI is InChI=1S/C31H32ClFN4O4/c1-31(22-10-12-23(32)13-11-22,30(41)35-25-5-3-2-4-6-25)37-20-19-36(26(29(37)40)16-17-27(34)38)28(39)18-9-21-7-14-24(33)15-8-21/h2-8,10-15,26H,9,16-20H2,1H3,(H2,34,38)(H,35,41)/t26-,31+/m0/s1. The molecule has 1 aliphatic rings. The topological polar surface area (TPSA) is 113 Å². The molecule has 1 saturated heterocycles. The van der Waals surface area contributed by atoms with E-state index in [4.69, 9.17) is 17.3 Å². The van der Waals surface area contributed by atoms with Gasteiger partial charge in [0, 0.05) is 36.6 Å². The van der Waals surface area contributed by atoms with E-state index in [-0.39, 0.29) is 44.1 Å². The molecule has 3 aromatic rings. The predicted molar refractivity (Wildman–Crippen MR) is 154 cm³/mol. The second kappa shape index (κ2) is 13.0. The molecular weight excluding hydrogens is 547 g/mol. The van der Waals surface area contributed by atoms with Gasteiger partial charge in [0.05, 0.1) is 0 Å². The number of rotatable bonds is 10. The van der Waals surface area contributed by atoms with Crippen LogP contribution in [0, 0.1) is 5.82 Å². The van der Waals surface area contributed by atoms with Crippen LogP contribution in [0.5, 0.6) is 0 Å². The van der Waals surface area contributed by atoms with E-state index in [0.717, 1.165) is 5.56 Å². The van der Waals surface area contributed by atoms with Crippen molar-refractivity contribution in [3.63, 3.8) is 0 Å². The summed E-state index contributed by atoms with van der Waals surface area (Å²) in [6.07, 6.45) is 0.358. The maximum atomic E-state index is 14.1. The van der Waals surface area contributed by atoms with Crippen LogP contribution < -0.4 is 11.1 Å². The third kappa shape index (κ3) is 6.92. The lowest BCUT2D eigenvalue weighted by Gasteiger charge is -2.48. The molecule has 0 aliphatic carbocycles. The molecule has 1 fully saturated rings. The monoisotopic (exact) mass is 578 g/mol. The Bertz CT molecular complexity index is 1400. The predicted octanol–water partition coefficient (Wildman–Crippen LogP) is 4.27. The molecule has 214 valence electrons. The van der Waals surface area contributed by atoms with Crippen LogP contribution in [0.15, 0.2) is 78.9 Å². The number of hydrogen-bond donors (Lipinski definition) is 2. The second-order valence-corrected chi connectivity index (χ2v) is 10.6. The number of hydrogen-bond acceptors (Lipinski definition) is 4. The fraction of sp³-hybridized carbons (Fsp3) is 0.290. The maximum absolute atomic E-state index is 14.1. The number of piperazine rings is 1. The van der Waals surface area contributed by atoms with Crippen LogP contribution in [0.3, 0.4) is 0 Å². The van der Waals surface area contributed by atoms with Crippen molar-refractivity contribution in [2.24, 2.45) is 5.73 Å². The molecule has 3 N–H and O–H groups in total. The Hall–Kier alpha value is -4.24. The molecule has 0 spiro atoms. The molecule has 41 heavy (non-hydrogen) atoms. The van der Waals surface area contributed by atoms with Crippen molar-refractivity contribution < 1.29 is 23.6 Å². The highest BCUT2D eigenvalue weighted by atomic mass is 35.5. The fourth-order valence-corrected chi connectivity index (χ4v) is 5.22. The van der Waals surface area contributed by atoms with Crippen molar-refractivity contribution in [1.29, 1.82) is 0 Å². The van der Waals surface area contributed by atoms with Gasteiger partial charge in [-0.25, -0.2) is 4.39 Å². The molecule has 0 saturated carbocycles. The quantitative estimate of drug-likeness (QED) is 0.374. The lowest BCUT2D eigenvalue weighted by atomic mass is 9.86. The Morgan fingerprint density at radius 2 is 1.63 bits per heavy atom. The molecule has 1 aliphatic heterocycles. The van der Waals surface area contributed by atoms with Crippen molar-refractivity contribution in [2.45, 2.75) is 44.2 Å². The van der Waals surface area contributed by atoms with Crippen molar-refractivity contribution >= 4 is 40.9 Å². The summed E-state index contributed by atoms with van der Waals surface area (Å²) < 4.78 is 13.3. The van der Waals surface area contributed by atoms with Crippen LogP contribution in [0.4, 0.5) is 10.1 Å². The van der Waals surface area contributed by atoms with Gasteiger partial charge < -0.3 is 20.9 Å². The zero-order chi connectivity index (χ0) is 29.6. The van der Waals surface area contributed by atoms with Gasteiger partial charge in [0.15, 0.2) is 0 Å². The van der Waals surface area contributed by atoms with Crippen molar-refractivity contribution in [3.8, 4) is 0 Å². The molecule has 0 aromatic heterocycles. The molecule has 10 heteroatoms. The number of anilines is 1. The smallest absolute Gasteiger partial charge is 0.254 e. The highest BCUT2D eigenvalue weighted by Gasteiger charge is 2.49. The van der Waals surface area contributed by atoms with E-state index in [1.165, 1.54) is 21.9 Å². The average Bonchev–Trinajstić information content (AvgIpc) is 2.96. The number of nitrogens with two attached hydrogens (primary N) is 1. The molecule has 8 nitrogen and oxygen atoms in total. The Balaban J connectivity index is 1.63. The van der Waals surface area contributed by atoms with Gasteiger partial charge in [-0.1, -0.05) is 54.1 Å². The molecule has 0 bridgehead atoms. The number of halogens is 2. The molecule has 2 atom stereocenters. The summed E-state index contributed by atoms with van der Waals surface area (Å²) in [5, 5.41) is 3.38. The summed E-state index contributed by atoms with van der Waals surface area (Å²) >= 11 is 6.13. The third-order valence-corrected chi connectivity index (χ3v) is 7.69. The average molecular weight is 579 g/mol. The highest BCUT2D eigenvalue weighted by Crippen LogP contribution is 2.34. The van der Waals surface area contributed by atoms with Crippen molar-refractivity contribution in [3.05, 3.63) is 101 Å². The van der Waals surface area contributed by atoms with Gasteiger partial charge in [0.2, 0.25) is 17.7 Å². The number of nitrogens with zero attached hydrogens (tertiary/aromatic N) is 2. The van der Waals surface area contributed by atoms with Gasteiger partial charge in [0.25, 0.3) is 5.91 Å². The zero-order valence-electron chi connectivity index (χ0n) is 22.7. The number of nitrogens with one attached hydrogen (secondary N) is 1. The maximum Gasteiger partial charge on any atom is 0.254 e. The lowest BCUT2D eigenvalue weighted by molar-refractivity contribution is -0.160. The van der Waals surface area contributed by atoms with Crippen LogP contribution in [-0.2, 0) is 31.1 Å². The van der Waals surface area contributed by atoms with Crippen LogP contribution in [0.2, 0.25) is 5.02 Å². The fourth-order valence-electron chi connectivity index (χ4n) is 5.09. The molecular formula is C31H32ClFN4O4. The Kier molecular flexibility index (Phi) is 9.39. The SMILES string of the molecule is C[C@](C(=O)Nc1ccccc1)(c1ccc(Cl)cc1)N1CCN(C(=O)CCc2ccc(F)cc2)[C@@H](CCC(N)=O)C1=O. The van der Waals surface area contributed by atoms with Gasteiger partial charge in [0.1, 0.15) is 17.4 Å². The van der Waals surface area contributed by atoms with Crippen LogP contribution in [0.25, 0.3) is 0 Å². The molecule has 1 heterocycles. The summed E-state index contributed by atoms with van der Waals surface area (Å²) in [6.45, 7) is 1.89. The van der Waals surface area contributed by atoms with E-state index in [1.54, 1.807) is 67.6 Å². The Morgan fingerprint density at radius 3 is 2.27 bits per heavy atom. The summed E-state index contributed by atoms with van der Waals surface area (Å²) in [4.78, 5) is 56.0. The molecule has 4 rings (SSSR count). The minimum absolute atomic E-state index is 0.0178. The normalized spacial score (nSPS) is 16.7. The first-order chi connectivity index (χ1) is 19.6. The van der Waals surface area contributed by atoms with Crippen molar-refractivity contribution in [2.75, 3.05) is 18.4 Å². The van der Waals surface area contributed by atoms with Gasteiger partial charge in [-0.3, -0.25) is 19.2 Å². The van der Waals surface area contributed by atoms with Crippen molar-refractivity contribution in [1.82, 2.24) is 9.80 Å². The number of primary amides is 1. The molecule has 0 unspecified atom stereocenters. The van der Waals surface area contributed by atoms with E-state index in [1.807, 2.05) is 6.07 Å². The largest absolute Gasteiger partial charge is 0.370 e. The number of benzene rings is 3. The van der Waals surface area contributed by atoms with E-state index in [0.29, 0.717) is 22.7 Å². The van der Waals surface area contributed by atoms with E-state index < -0.39 is 29.3 Å². The second-order valence-electron chi connectivity index (χ2n) is 10.1. The number of carbonyl (C=O) groups excluding carboxylic acids is 4. The first-order valence-electron chi connectivity index (χ1n) is 13.4. The lowest BCUT2D eigenvalue weighted by Crippen LogP contribution is -2.66. The van der Waals surface area contributed by atoms with Gasteiger partial charge >= 0.3 is 0 Å². The van der Waals surface area contributed by atoms with Gasteiger partial charge in [-0.15, -0.1) is 0 Å². The zero-order valence-corrected chi connectivity index (χ0v) is 23.4. The Morgan fingerprint density at radius 1 is 0.976 bits per heavy atom. The first kappa shape index (κ1) is 29.7. The number of aryl methyl sites for hydroxylation is 1. The molecule has 3 aromatic carbocycles. The summed E-state index contributed by atoms with van der Waals surface area (Å²) in [5.41, 5.74) is 5.82. The van der Waals surface area contributed by atoms with Gasteiger partial charge in [-0.2, -0.15) is 0 Å². The van der Waals surface area contributed by atoms with Gasteiger partial charge in [-0.05, 0) is 67.3 Å². The minimum Gasteiger partial charge on any atom is -0.370 e. The third-order valence-electron chi connectivity index (χ3n) is 7.44. The van der Waals surface area contributed by atoms with Crippen LogP contribution >= 0.6 is 11.6 Å². The number of amides is 4. The Labute approximate surface area is 243 Å².